The Morgan fingerprint density at radius 3 is 2.20 bits per heavy atom. The predicted molar refractivity (Wildman–Crippen MR) is 67.9 cm³/mol. The standard InChI is InChI=1S/C13H27NO.H2/c1-10(2)12(14-11(3)15)8-7-9-13(4,5)6;/h10,12H,7-9H2,1-6H3,(H,14,15);1H. The molecule has 0 saturated heterocycles. The first-order valence-corrected chi connectivity index (χ1v) is 5.99. The van der Waals surface area contributed by atoms with E-state index in [2.05, 4.69) is 39.9 Å². The van der Waals surface area contributed by atoms with E-state index in [1.165, 1.54) is 12.8 Å². The monoisotopic (exact) mass is 215 g/mol. The van der Waals surface area contributed by atoms with Crippen LogP contribution >= 0.6 is 0 Å². The maximum absolute atomic E-state index is 11.0. The first-order valence-electron chi connectivity index (χ1n) is 5.99. The van der Waals surface area contributed by atoms with Crippen LogP contribution in [0.25, 0.3) is 0 Å². The number of carbonyl (C=O) groups excluding carboxylic acids is 1. The van der Waals surface area contributed by atoms with Crippen LogP contribution in [0.3, 0.4) is 0 Å². The van der Waals surface area contributed by atoms with Gasteiger partial charge in [0.1, 0.15) is 0 Å². The Balaban J connectivity index is 0. The van der Waals surface area contributed by atoms with E-state index < -0.39 is 0 Å². The Kier molecular flexibility index (Phi) is 5.92. The van der Waals surface area contributed by atoms with E-state index in [4.69, 9.17) is 0 Å². The molecule has 0 aromatic heterocycles. The van der Waals surface area contributed by atoms with Gasteiger partial charge in [0.2, 0.25) is 5.91 Å². The average Bonchev–Trinajstić information content (AvgIpc) is 1.99. The summed E-state index contributed by atoms with van der Waals surface area (Å²) in [5.74, 6) is 0.610. The van der Waals surface area contributed by atoms with E-state index in [9.17, 15) is 4.79 Å². The summed E-state index contributed by atoms with van der Waals surface area (Å²) in [6, 6.07) is 0.338. The molecule has 0 aliphatic carbocycles. The molecular formula is C13H29NO. The summed E-state index contributed by atoms with van der Waals surface area (Å²) in [5.41, 5.74) is 0.401. The molecular weight excluding hydrogens is 186 g/mol. The van der Waals surface area contributed by atoms with Gasteiger partial charge in [-0.2, -0.15) is 0 Å². The molecule has 0 aromatic rings. The van der Waals surface area contributed by atoms with E-state index in [0.717, 1.165) is 6.42 Å². The minimum Gasteiger partial charge on any atom is -0.353 e. The molecule has 15 heavy (non-hydrogen) atoms. The fourth-order valence-electron chi connectivity index (χ4n) is 1.69. The molecule has 0 saturated carbocycles. The molecule has 1 unspecified atom stereocenters. The Morgan fingerprint density at radius 2 is 1.87 bits per heavy atom. The van der Waals surface area contributed by atoms with Gasteiger partial charge in [-0.25, -0.2) is 0 Å². The Morgan fingerprint density at radius 1 is 1.33 bits per heavy atom. The SMILES string of the molecule is CC(=O)NC(CCCC(C)(C)C)C(C)C.[HH]. The molecule has 0 fully saturated rings. The summed E-state index contributed by atoms with van der Waals surface area (Å²) >= 11 is 0. The lowest BCUT2D eigenvalue weighted by Crippen LogP contribution is -2.37. The Hall–Kier alpha value is -0.530. The van der Waals surface area contributed by atoms with Crippen LogP contribution < -0.4 is 5.32 Å². The van der Waals surface area contributed by atoms with E-state index in [-0.39, 0.29) is 7.33 Å². The van der Waals surface area contributed by atoms with Crippen molar-refractivity contribution in [3.63, 3.8) is 0 Å². The highest BCUT2D eigenvalue weighted by Crippen LogP contribution is 2.23. The molecule has 2 heteroatoms. The van der Waals surface area contributed by atoms with Crippen molar-refractivity contribution >= 4 is 5.91 Å². The molecule has 0 rings (SSSR count). The average molecular weight is 215 g/mol. The topological polar surface area (TPSA) is 29.1 Å². The number of hydrogen-bond donors (Lipinski definition) is 1. The number of hydrogen-bond acceptors (Lipinski definition) is 1. The highest BCUT2D eigenvalue weighted by molar-refractivity contribution is 5.73. The molecule has 0 aliphatic rings. The summed E-state index contributed by atoms with van der Waals surface area (Å²) in [7, 11) is 0. The van der Waals surface area contributed by atoms with E-state index in [0.29, 0.717) is 17.4 Å². The van der Waals surface area contributed by atoms with Crippen molar-refractivity contribution < 1.29 is 6.22 Å². The summed E-state index contributed by atoms with van der Waals surface area (Å²) < 4.78 is 0. The summed E-state index contributed by atoms with van der Waals surface area (Å²) in [6.45, 7) is 12.7. The third-order valence-electron chi connectivity index (χ3n) is 2.64. The van der Waals surface area contributed by atoms with Gasteiger partial charge in [-0.3, -0.25) is 4.79 Å². The second kappa shape index (κ2) is 6.14. The fourth-order valence-corrected chi connectivity index (χ4v) is 1.69. The molecule has 1 amide bonds. The number of carbonyl (C=O) groups is 1. The van der Waals surface area contributed by atoms with Crippen molar-refractivity contribution in [2.45, 2.75) is 66.8 Å². The number of amides is 1. The maximum Gasteiger partial charge on any atom is 0.217 e. The zero-order valence-electron chi connectivity index (χ0n) is 11.2. The molecule has 92 valence electrons. The smallest absolute Gasteiger partial charge is 0.217 e. The van der Waals surface area contributed by atoms with Gasteiger partial charge in [-0.15, -0.1) is 0 Å². The van der Waals surface area contributed by atoms with Gasteiger partial charge in [-0.05, 0) is 24.2 Å². The second-order valence-corrected chi connectivity index (χ2v) is 6.00. The summed E-state index contributed by atoms with van der Waals surface area (Å²) in [4.78, 5) is 11.0. The zero-order chi connectivity index (χ0) is 12.1. The summed E-state index contributed by atoms with van der Waals surface area (Å²) in [6.07, 6.45) is 3.50. The van der Waals surface area contributed by atoms with Gasteiger partial charge in [0, 0.05) is 14.4 Å². The zero-order valence-corrected chi connectivity index (χ0v) is 11.2. The van der Waals surface area contributed by atoms with E-state index in [1.54, 1.807) is 6.92 Å². The number of nitrogens with one attached hydrogen (secondary N) is 1. The second-order valence-electron chi connectivity index (χ2n) is 6.00. The van der Waals surface area contributed by atoms with E-state index in [1.807, 2.05) is 0 Å². The molecule has 2 nitrogen and oxygen atoms in total. The molecule has 1 atom stereocenters. The fraction of sp³-hybridized carbons (Fsp3) is 0.923. The Labute approximate surface area is 96.3 Å². The van der Waals surface area contributed by atoms with Gasteiger partial charge in [0.05, 0.1) is 0 Å². The maximum atomic E-state index is 11.0. The first-order chi connectivity index (χ1) is 6.72. The van der Waals surface area contributed by atoms with Gasteiger partial charge in [0.25, 0.3) is 0 Å². The molecule has 0 bridgehead atoms. The van der Waals surface area contributed by atoms with Crippen LogP contribution in [0.1, 0.15) is 62.2 Å². The largest absolute Gasteiger partial charge is 0.353 e. The van der Waals surface area contributed by atoms with Crippen LogP contribution in [0.2, 0.25) is 0 Å². The lowest BCUT2D eigenvalue weighted by molar-refractivity contribution is -0.120. The molecule has 0 aromatic carbocycles. The molecule has 0 heterocycles. The highest BCUT2D eigenvalue weighted by atomic mass is 16.1. The van der Waals surface area contributed by atoms with Gasteiger partial charge < -0.3 is 5.32 Å². The van der Waals surface area contributed by atoms with Crippen molar-refractivity contribution in [1.82, 2.24) is 5.32 Å². The van der Waals surface area contributed by atoms with Gasteiger partial charge in [-0.1, -0.05) is 41.0 Å². The minimum atomic E-state index is 0. The predicted octanol–water partition coefficient (Wildman–Crippen LogP) is 3.61. The lowest BCUT2D eigenvalue weighted by atomic mass is 9.87. The third kappa shape index (κ3) is 8.46. The molecule has 0 aliphatic heterocycles. The first kappa shape index (κ1) is 14.5. The van der Waals surface area contributed by atoms with Crippen molar-refractivity contribution in [3.05, 3.63) is 0 Å². The van der Waals surface area contributed by atoms with Crippen LogP contribution in [0.4, 0.5) is 0 Å². The highest BCUT2D eigenvalue weighted by Gasteiger charge is 2.16. The van der Waals surface area contributed by atoms with Crippen molar-refractivity contribution in [3.8, 4) is 0 Å². The van der Waals surface area contributed by atoms with E-state index >= 15 is 0 Å². The van der Waals surface area contributed by atoms with Crippen LogP contribution in [0, 0.1) is 11.3 Å². The molecule has 0 spiro atoms. The van der Waals surface area contributed by atoms with Crippen molar-refractivity contribution in [2.75, 3.05) is 0 Å². The van der Waals surface area contributed by atoms with Crippen LogP contribution in [0.15, 0.2) is 0 Å². The third-order valence-corrected chi connectivity index (χ3v) is 2.64. The number of rotatable bonds is 5. The van der Waals surface area contributed by atoms with Crippen LogP contribution in [-0.4, -0.2) is 11.9 Å². The van der Waals surface area contributed by atoms with Gasteiger partial charge in [0.15, 0.2) is 0 Å². The van der Waals surface area contributed by atoms with Crippen molar-refractivity contribution in [1.29, 1.82) is 0 Å². The van der Waals surface area contributed by atoms with Crippen molar-refractivity contribution in [2.24, 2.45) is 11.3 Å². The molecule has 1 N–H and O–H groups in total. The normalized spacial score (nSPS) is 14.1. The minimum absolute atomic E-state index is 0. The van der Waals surface area contributed by atoms with Crippen LogP contribution in [-0.2, 0) is 4.79 Å². The van der Waals surface area contributed by atoms with Crippen LogP contribution in [0.5, 0.6) is 0 Å². The lowest BCUT2D eigenvalue weighted by Gasteiger charge is -2.24. The molecule has 0 radical (unpaired) electrons. The summed E-state index contributed by atoms with van der Waals surface area (Å²) in [5, 5.41) is 3.03. The Bertz CT molecular complexity index is 197. The van der Waals surface area contributed by atoms with Gasteiger partial charge >= 0.3 is 0 Å². The quantitative estimate of drug-likeness (QED) is 0.746.